The first-order valence-electron chi connectivity index (χ1n) is 9.17. The molecule has 2 rings (SSSR count). The Labute approximate surface area is 158 Å². The standard InChI is InChI=1S/C23H32N2O/c1-8-16-17(22(2,3)4)13-15(21(26)20(16)23(5,6)7)14-25-19-12-10-9-11-18(19)24/h8-14,20,26H,24H2,1-7H3. The van der Waals surface area contributed by atoms with Crippen LogP contribution < -0.4 is 5.73 Å². The van der Waals surface area contributed by atoms with Crippen molar-refractivity contribution in [2.24, 2.45) is 21.7 Å². The number of hydrogen-bond acceptors (Lipinski definition) is 3. The number of rotatable bonds is 2. The summed E-state index contributed by atoms with van der Waals surface area (Å²) in [5.41, 5.74) is 10.4. The van der Waals surface area contributed by atoms with Crippen molar-refractivity contribution in [1.29, 1.82) is 0 Å². The van der Waals surface area contributed by atoms with Gasteiger partial charge in [0.05, 0.1) is 11.4 Å². The van der Waals surface area contributed by atoms with E-state index in [0.29, 0.717) is 17.1 Å². The first-order chi connectivity index (χ1) is 12.0. The molecule has 1 aromatic rings. The summed E-state index contributed by atoms with van der Waals surface area (Å²) in [6.45, 7) is 15.1. The van der Waals surface area contributed by atoms with Crippen molar-refractivity contribution in [1.82, 2.24) is 0 Å². The highest BCUT2D eigenvalue weighted by Crippen LogP contribution is 2.48. The minimum atomic E-state index is -0.110. The first-order valence-corrected chi connectivity index (χ1v) is 9.17. The lowest BCUT2D eigenvalue weighted by Crippen LogP contribution is -2.31. The third kappa shape index (κ3) is 4.09. The van der Waals surface area contributed by atoms with E-state index in [9.17, 15) is 5.11 Å². The molecule has 3 heteroatoms. The highest BCUT2D eigenvalue weighted by Gasteiger charge is 2.39. The Morgan fingerprint density at radius 3 is 2.19 bits per heavy atom. The van der Waals surface area contributed by atoms with Gasteiger partial charge in [-0.3, -0.25) is 4.99 Å². The maximum atomic E-state index is 11.1. The topological polar surface area (TPSA) is 58.6 Å². The van der Waals surface area contributed by atoms with Gasteiger partial charge in [0.1, 0.15) is 5.76 Å². The van der Waals surface area contributed by atoms with Crippen LogP contribution in [0.25, 0.3) is 0 Å². The van der Waals surface area contributed by atoms with Gasteiger partial charge in [0, 0.05) is 17.7 Å². The quantitative estimate of drug-likeness (QED) is 0.479. The Morgan fingerprint density at radius 2 is 1.69 bits per heavy atom. The van der Waals surface area contributed by atoms with Gasteiger partial charge in [0.25, 0.3) is 0 Å². The number of nitrogen functional groups attached to an aromatic ring is 1. The molecule has 0 amide bonds. The molecule has 0 bridgehead atoms. The van der Waals surface area contributed by atoms with Crippen molar-refractivity contribution in [3.05, 3.63) is 58.9 Å². The molecule has 0 aliphatic heterocycles. The van der Waals surface area contributed by atoms with Crippen molar-refractivity contribution in [2.45, 2.75) is 48.5 Å². The second-order valence-corrected chi connectivity index (χ2v) is 9.01. The zero-order valence-electron chi connectivity index (χ0n) is 17.1. The summed E-state index contributed by atoms with van der Waals surface area (Å²) in [5, 5.41) is 11.1. The van der Waals surface area contributed by atoms with E-state index in [4.69, 9.17) is 5.73 Å². The van der Waals surface area contributed by atoms with Crippen molar-refractivity contribution in [3.63, 3.8) is 0 Å². The van der Waals surface area contributed by atoms with Gasteiger partial charge in [-0.05, 0) is 47.1 Å². The molecule has 1 aliphatic carbocycles. The van der Waals surface area contributed by atoms with Crippen LogP contribution >= 0.6 is 0 Å². The lowest BCUT2D eigenvalue weighted by Gasteiger charge is -2.40. The first kappa shape index (κ1) is 20.0. The van der Waals surface area contributed by atoms with Gasteiger partial charge in [-0.1, -0.05) is 59.8 Å². The molecule has 0 heterocycles. The maximum Gasteiger partial charge on any atom is 0.109 e. The Bertz CT molecular complexity index is 796. The number of nitrogens with zero attached hydrogens (tertiary/aromatic N) is 1. The Kier molecular flexibility index (Phi) is 5.50. The number of nitrogens with two attached hydrogens (primary N) is 1. The SMILES string of the molecule is CC=C1C(C(C)(C)C)=CC(C=Nc2ccccc2N)=C(O)C1C(C)(C)C. The van der Waals surface area contributed by atoms with Crippen LogP contribution in [-0.2, 0) is 0 Å². The monoisotopic (exact) mass is 352 g/mol. The van der Waals surface area contributed by atoms with Gasteiger partial charge in [0.15, 0.2) is 0 Å². The van der Waals surface area contributed by atoms with E-state index in [1.54, 1.807) is 6.21 Å². The van der Waals surface area contributed by atoms with Gasteiger partial charge in [-0.2, -0.15) is 0 Å². The Hall–Kier alpha value is -2.29. The molecule has 0 saturated heterocycles. The fourth-order valence-electron chi connectivity index (χ4n) is 3.48. The minimum Gasteiger partial charge on any atom is -0.511 e. The van der Waals surface area contributed by atoms with Crippen molar-refractivity contribution < 1.29 is 5.11 Å². The lowest BCUT2D eigenvalue weighted by molar-refractivity contribution is 0.225. The number of aliphatic hydroxyl groups is 1. The summed E-state index contributed by atoms with van der Waals surface area (Å²) in [6, 6.07) is 7.50. The van der Waals surface area contributed by atoms with Crippen LogP contribution in [0.4, 0.5) is 11.4 Å². The summed E-state index contributed by atoms with van der Waals surface area (Å²) >= 11 is 0. The molecule has 0 radical (unpaired) electrons. The third-order valence-electron chi connectivity index (χ3n) is 4.76. The molecular formula is C23H32N2O. The van der Waals surface area contributed by atoms with E-state index < -0.39 is 0 Å². The van der Waals surface area contributed by atoms with E-state index >= 15 is 0 Å². The molecule has 140 valence electrons. The highest BCUT2D eigenvalue weighted by molar-refractivity contribution is 5.88. The molecule has 1 atom stereocenters. The zero-order valence-corrected chi connectivity index (χ0v) is 17.1. The Balaban J connectivity index is 2.61. The van der Waals surface area contributed by atoms with Gasteiger partial charge >= 0.3 is 0 Å². The number of aliphatic hydroxyl groups excluding tert-OH is 1. The van der Waals surface area contributed by atoms with Crippen LogP contribution in [-0.4, -0.2) is 11.3 Å². The predicted octanol–water partition coefficient (Wildman–Crippen LogP) is 6.38. The number of aliphatic imine (C=N–C) groups is 1. The predicted molar refractivity (Wildman–Crippen MR) is 113 cm³/mol. The molecule has 1 aromatic carbocycles. The summed E-state index contributed by atoms with van der Waals surface area (Å²) in [6.07, 6.45) is 5.93. The van der Waals surface area contributed by atoms with Crippen molar-refractivity contribution in [2.75, 3.05) is 5.73 Å². The van der Waals surface area contributed by atoms with E-state index in [1.807, 2.05) is 31.2 Å². The molecule has 0 fully saturated rings. The largest absolute Gasteiger partial charge is 0.511 e. The number of benzene rings is 1. The summed E-state index contributed by atoms with van der Waals surface area (Å²) < 4.78 is 0. The molecule has 0 saturated carbocycles. The summed E-state index contributed by atoms with van der Waals surface area (Å²) in [7, 11) is 0. The smallest absolute Gasteiger partial charge is 0.109 e. The maximum absolute atomic E-state index is 11.1. The zero-order chi connectivity index (χ0) is 19.7. The Morgan fingerprint density at radius 1 is 1.08 bits per heavy atom. The number of hydrogen-bond donors (Lipinski definition) is 2. The van der Waals surface area contributed by atoms with Gasteiger partial charge in [-0.15, -0.1) is 0 Å². The van der Waals surface area contributed by atoms with Gasteiger partial charge in [0.2, 0.25) is 0 Å². The average molecular weight is 353 g/mol. The minimum absolute atomic E-state index is 0.0308. The fourth-order valence-corrected chi connectivity index (χ4v) is 3.48. The molecular weight excluding hydrogens is 320 g/mol. The fraction of sp³-hybridized carbons (Fsp3) is 0.435. The molecule has 1 unspecified atom stereocenters. The van der Waals surface area contributed by atoms with Crippen LogP contribution in [0, 0.1) is 16.7 Å². The van der Waals surface area contributed by atoms with Crippen LogP contribution in [0.15, 0.2) is 63.9 Å². The lowest BCUT2D eigenvalue weighted by atomic mass is 9.65. The highest BCUT2D eigenvalue weighted by atomic mass is 16.3. The summed E-state index contributed by atoms with van der Waals surface area (Å²) in [4.78, 5) is 4.53. The van der Waals surface area contributed by atoms with Crippen LogP contribution in [0.5, 0.6) is 0 Å². The van der Waals surface area contributed by atoms with E-state index in [0.717, 1.165) is 5.57 Å². The van der Waals surface area contributed by atoms with Crippen LogP contribution in [0.2, 0.25) is 0 Å². The van der Waals surface area contributed by atoms with Gasteiger partial charge < -0.3 is 10.8 Å². The number of para-hydroxylation sites is 2. The van der Waals surface area contributed by atoms with Crippen molar-refractivity contribution in [3.8, 4) is 0 Å². The molecule has 3 nitrogen and oxygen atoms in total. The molecule has 0 spiro atoms. The third-order valence-corrected chi connectivity index (χ3v) is 4.76. The number of anilines is 1. The van der Waals surface area contributed by atoms with Gasteiger partial charge in [-0.25, -0.2) is 0 Å². The average Bonchev–Trinajstić information content (AvgIpc) is 2.52. The van der Waals surface area contributed by atoms with Crippen LogP contribution in [0.1, 0.15) is 48.5 Å². The summed E-state index contributed by atoms with van der Waals surface area (Å²) in [5.74, 6) is 0.304. The number of allylic oxidation sites excluding steroid dienone is 5. The van der Waals surface area contributed by atoms with E-state index in [-0.39, 0.29) is 16.7 Å². The van der Waals surface area contributed by atoms with E-state index in [2.05, 4.69) is 58.7 Å². The van der Waals surface area contributed by atoms with Crippen LogP contribution in [0.3, 0.4) is 0 Å². The second kappa shape index (κ2) is 7.14. The molecule has 0 aromatic heterocycles. The second-order valence-electron chi connectivity index (χ2n) is 9.01. The normalized spacial score (nSPS) is 20.8. The van der Waals surface area contributed by atoms with Crippen molar-refractivity contribution >= 4 is 17.6 Å². The molecule has 26 heavy (non-hydrogen) atoms. The molecule has 1 aliphatic rings. The van der Waals surface area contributed by atoms with E-state index in [1.165, 1.54) is 11.1 Å². The molecule has 3 N–H and O–H groups in total.